The molecule has 4 heteroatoms. The summed E-state index contributed by atoms with van der Waals surface area (Å²) in [6.45, 7) is 5.49. The molecule has 1 N–H and O–H groups in total. The van der Waals surface area contributed by atoms with Crippen LogP contribution >= 0.6 is 7.52 Å². The van der Waals surface area contributed by atoms with E-state index in [2.05, 4.69) is 5.09 Å². The second kappa shape index (κ2) is 5.50. The van der Waals surface area contributed by atoms with Gasteiger partial charge in [0, 0.05) is 12.4 Å². The maximum absolute atomic E-state index is 12.5. The Balaban J connectivity index is 2.20. The number of rotatable bonds is 4. The van der Waals surface area contributed by atoms with Crippen LogP contribution in [0, 0.1) is 13.8 Å². The predicted molar refractivity (Wildman–Crippen MR) is 80.1 cm³/mol. The molecule has 0 bridgehead atoms. The van der Waals surface area contributed by atoms with Gasteiger partial charge >= 0.3 is 7.52 Å². The van der Waals surface area contributed by atoms with Crippen molar-refractivity contribution >= 4 is 13.2 Å². The van der Waals surface area contributed by atoms with Gasteiger partial charge in [-0.1, -0.05) is 36.4 Å². The van der Waals surface area contributed by atoms with Crippen LogP contribution in [0.25, 0.3) is 0 Å². The van der Waals surface area contributed by atoms with E-state index in [0.29, 0.717) is 5.75 Å². The van der Waals surface area contributed by atoms with E-state index in [-0.39, 0.29) is 0 Å². The van der Waals surface area contributed by atoms with Crippen LogP contribution in [0.2, 0.25) is 0 Å². The zero-order chi connectivity index (χ0) is 13.9. The highest BCUT2D eigenvalue weighted by molar-refractivity contribution is 7.60. The Kier molecular flexibility index (Phi) is 3.96. The van der Waals surface area contributed by atoms with Crippen LogP contribution in [0.1, 0.15) is 11.1 Å². The first-order valence-electron chi connectivity index (χ1n) is 6.14. The second-order valence-electron chi connectivity index (χ2n) is 4.64. The Labute approximate surface area is 114 Å². The molecular formula is C15H18NO2P. The third-order valence-corrected chi connectivity index (χ3v) is 3.98. The number of hydrogen-bond donors (Lipinski definition) is 1. The summed E-state index contributed by atoms with van der Waals surface area (Å²) in [4.78, 5) is 0. The number of benzene rings is 2. The molecule has 3 nitrogen and oxygen atoms in total. The zero-order valence-corrected chi connectivity index (χ0v) is 12.3. The molecule has 0 saturated carbocycles. The highest BCUT2D eigenvalue weighted by atomic mass is 31.2. The number of hydrogen-bond acceptors (Lipinski definition) is 2. The smallest absolute Gasteiger partial charge is 0.338 e. The predicted octanol–water partition coefficient (Wildman–Crippen LogP) is 4.62. The molecule has 2 aromatic rings. The summed E-state index contributed by atoms with van der Waals surface area (Å²) in [5.41, 5.74) is 2.76. The van der Waals surface area contributed by atoms with Crippen LogP contribution in [-0.4, -0.2) is 6.66 Å². The molecule has 0 aliphatic rings. The van der Waals surface area contributed by atoms with E-state index >= 15 is 0 Å². The van der Waals surface area contributed by atoms with Crippen LogP contribution < -0.4 is 9.61 Å². The van der Waals surface area contributed by atoms with Crippen LogP contribution in [-0.2, 0) is 4.57 Å². The van der Waals surface area contributed by atoms with Gasteiger partial charge in [0.2, 0.25) is 0 Å². The zero-order valence-electron chi connectivity index (χ0n) is 11.4. The highest BCUT2D eigenvalue weighted by Gasteiger charge is 2.19. The fraction of sp³-hybridized carbons (Fsp3) is 0.200. The summed E-state index contributed by atoms with van der Waals surface area (Å²) >= 11 is 0. The SMILES string of the molecule is Cc1cccc(C)c1OP(C)(=O)Nc1ccccc1. The average molecular weight is 275 g/mol. The first kappa shape index (κ1) is 13.7. The molecule has 19 heavy (non-hydrogen) atoms. The van der Waals surface area contributed by atoms with Crippen molar-refractivity contribution in [2.75, 3.05) is 11.8 Å². The molecule has 1 unspecified atom stereocenters. The van der Waals surface area contributed by atoms with E-state index < -0.39 is 7.52 Å². The third kappa shape index (κ3) is 3.62. The lowest BCUT2D eigenvalue weighted by molar-refractivity contribution is 0.490. The fourth-order valence-electron chi connectivity index (χ4n) is 1.89. The van der Waals surface area contributed by atoms with Gasteiger partial charge < -0.3 is 9.61 Å². The van der Waals surface area contributed by atoms with Gasteiger partial charge in [-0.15, -0.1) is 0 Å². The topological polar surface area (TPSA) is 38.3 Å². The van der Waals surface area contributed by atoms with Crippen molar-refractivity contribution in [2.45, 2.75) is 13.8 Å². The van der Waals surface area contributed by atoms with Gasteiger partial charge in [-0.2, -0.15) is 0 Å². The standard InChI is InChI=1S/C15H18NO2P/c1-12-8-7-9-13(2)15(12)18-19(3,17)16-14-10-5-4-6-11-14/h4-11H,1-3H3,(H,16,17). The van der Waals surface area contributed by atoms with Crippen molar-refractivity contribution in [2.24, 2.45) is 0 Å². The lowest BCUT2D eigenvalue weighted by Crippen LogP contribution is -2.04. The Morgan fingerprint density at radius 3 is 2.11 bits per heavy atom. The first-order chi connectivity index (χ1) is 8.98. The van der Waals surface area contributed by atoms with E-state index in [9.17, 15) is 4.57 Å². The molecule has 1 atom stereocenters. The minimum Gasteiger partial charge on any atom is -0.429 e. The Morgan fingerprint density at radius 2 is 1.53 bits per heavy atom. The van der Waals surface area contributed by atoms with Gasteiger partial charge in [0.1, 0.15) is 5.75 Å². The maximum atomic E-state index is 12.5. The molecule has 0 heterocycles. The van der Waals surface area contributed by atoms with Gasteiger partial charge in [0.05, 0.1) is 0 Å². The van der Waals surface area contributed by atoms with Gasteiger partial charge in [-0.3, -0.25) is 4.57 Å². The molecule has 0 amide bonds. The molecule has 0 radical (unpaired) electrons. The molecule has 2 aromatic carbocycles. The van der Waals surface area contributed by atoms with Crippen molar-refractivity contribution in [1.29, 1.82) is 0 Å². The van der Waals surface area contributed by atoms with E-state index in [1.54, 1.807) is 6.66 Å². The summed E-state index contributed by atoms with van der Waals surface area (Å²) in [6.07, 6.45) is 0. The maximum Gasteiger partial charge on any atom is 0.338 e. The molecule has 0 saturated heterocycles. The van der Waals surface area contributed by atoms with Crippen molar-refractivity contribution in [1.82, 2.24) is 0 Å². The quantitative estimate of drug-likeness (QED) is 0.827. The van der Waals surface area contributed by atoms with E-state index in [1.165, 1.54) is 0 Å². The number of para-hydroxylation sites is 2. The highest BCUT2D eigenvalue weighted by Crippen LogP contribution is 2.45. The molecule has 2 rings (SSSR count). The van der Waals surface area contributed by atoms with Gasteiger partial charge in [0.25, 0.3) is 0 Å². The molecule has 0 spiro atoms. The third-order valence-electron chi connectivity index (χ3n) is 2.78. The second-order valence-corrected chi connectivity index (χ2v) is 6.73. The molecule has 0 fully saturated rings. The Hall–Kier alpha value is -1.73. The van der Waals surface area contributed by atoms with Crippen LogP contribution in [0.3, 0.4) is 0 Å². The van der Waals surface area contributed by atoms with Gasteiger partial charge in [0.15, 0.2) is 0 Å². The van der Waals surface area contributed by atoms with Crippen LogP contribution in [0.15, 0.2) is 48.5 Å². The summed E-state index contributed by atoms with van der Waals surface area (Å²) < 4.78 is 18.2. The largest absolute Gasteiger partial charge is 0.429 e. The number of anilines is 1. The van der Waals surface area contributed by atoms with Crippen molar-refractivity contribution < 1.29 is 9.09 Å². The van der Waals surface area contributed by atoms with Crippen molar-refractivity contribution in [3.8, 4) is 5.75 Å². The molecule has 0 aromatic heterocycles. The molecular weight excluding hydrogens is 257 g/mol. The van der Waals surface area contributed by atoms with Crippen molar-refractivity contribution in [3.05, 3.63) is 59.7 Å². The Bertz CT molecular complexity index is 591. The van der Waals surface area contributed by atoms with Gasteiger partial charge in [-0.25, -0.2) is 0 Å². The van der Waals surface area contributed by atoms with Crippen LogP contribution in [0.4, 0.5) is 5.69 Å². The minimum atomic E-state index is -2.94. The number of nitrogens with one attached hydrogen (secondary N) is 1. The monoisotopic (exact) mass is 275 g/mol. The molecule has 0 aliphatic carbocycles. The van der Waals surface area contributed by atoms with Gasteiger partial charge in [-0.05, 0) is 37.1 Å². The average Bonchev–Trinajstić information content (AvgIpc) is 2.35. The lowest BCUT2D eigenvalue weighted by atomic mass is 10.1. The Morgan fingerprint density at radius 1 is 0.947 bits per heavy atom. The first-order valence-corrected chi connectivity index (χ1v) is 8.22. The summed E-state index contributed by atoms with van der Waals surface area (Å²) in [6, 6.07) is 15.3. The van der Waals surface area contributed by atoms with Crippen LogP contribution in [0.5, 0.6) is 5.75 Å². The summed E-state index contributed by atoms with van der Waals surface area (Å²) in [7, 11) is -2.94. The van der Waals surface area contributed by atoms with E-state index in [1.807, 2.05) is 62.4 Å². The number of aryl methyl sites for hydroxylation is 2. The van der Waals surface area contributed by atoms with Crippen molar-refractivity contribution in [3.63, 3.8) is 0 Å². The van der Waals surface area contributed by atoms with E-state index in [4.69, 9.17) is 4.52 Å². The molecule has 100 valence electrons. The summed E-state index contributed by atoms with van der Waals surface area (Å²) in [5.74, 6) is 0.691. The summed E-state index contributed by atoms with van der Waals surface area (Å²) in [5, 5.41) is 2.95. The normalized spacial score (nSPS) is 13.6. The molecule has 0 aliphatic heterocycles. The fourth-order valence-corrected chi connectivity index (χ4v) is 3.19. The lowest BCUT2D eigenvalue weighted by Gasteiger charge is -2.20. The van der Waals surface area contributed by atoms with E-state index in [0.717, 1.165) is 16.8 Å². The minimum absolute atomic E-state index is 0.691.